The van der Waals surface area contributed by atoms with E-state index in [1.807, 2.05) is 6.92 Å². The summed E-state index contributed by atoms with van der Waals surface area (Å²) in [7, 11) is -3.95. The number of sulfonamides is 1. The number of carbonyl (C=O) groups excluding carboxylic acids is 2. The minimum absolute atomic E-state index is 0.0126. The van der Waals surface area contributed by atoms with Crippen LogP contribution in [0.2, 0.25) is 0 Å². The quantitative estimate of drug-likeness (QED) is 0.260. The molecule has 6 nitrogen and oxygen atoms in total. The van der Waals surface area contributed by atoms with Crippen LogP contribution in [0.1, 0.15) is 37.9 Å². The Morgan fingerprint density at radius 1 is 0.743 bits per heavy atom. The van der Waals surface area contributed by atoms with E-state index in [4.69, 9.17) is 4.74 Å². The monoisotopic (exact) mass is 485 g/mol. The fourth-order valence-electron chi connectivity index (χ4n) is 3.46. The molecule has 0 bridgehead atoms. The zero-order chi connectivity index (χ0) is 24.8. The van der Waals surface area contributed by atoms with E-state index in [9.17, 15) is 18.0 Å². The summed E-state index contributed by atoms with van der Waals surface area (Å²) in [4.78, 5) is 26.1. The Labute approximate surface area is 204 Å². The third-order valence-electron chi connectivity index (χ3n) is 5.31. The molecule has 4 aromatic rings. The first kappa shape index (κ1) is 23.9. The Morgan fingerprint density at radius 2 is 1.34 bits per heavy atom. The Hall–Kier alpha value is -4.23. The predicted molar refractivity (Wildman–Crippen MR) is 134 cm³/mol. The van der Waals surface area contributed by atoms with Crippen LogP contribution < -0.4 is 4.72 Å². The van der Waals surface area contributed by atoms with Gasteiger partial charge in [-0.3, -0.25) is 9.52 Å². The number of Topliss-reactive ketones (excluding diaryl/α,β-unsaturated/α-hetero) is 1. The molecule has 4 rings (SSSR count). The Kier molecular flexibility index (Phi) is 7.08. The van der Waals surface area contributed by atoms with Gasteiger partial charge in [0, 0.05) is 16.8 Å². The fraction of sp³-hybridized carbons (Fsp3) is 0.0714. The molecule has 0 saturated carbocycles. The molecule has 0 amide bonds. The topological polar surface area (TPSA) is 89.5 Å². The first-order valence-corrected chi connectivity index (χ1v) is 12.4. The second-order valence-corrected chi connectivity index (χ2v) is 9.61. The summed E-state index contributed by atoms with van der Waals surface area (Å²) in [5.74, 6) is -1.19. The van der Waals surface area contributed by atoms with Gasteiger partial charge in [-0.15, -0.1) is 0 Å². The molecule has 1 N–H and O–H groups in total. The summed E-state index contributed by atoms with van der Waals surface area (Å²) in [6, 6.07) is 29.7. The Bertz CT molecular complexity index is 1430. The second kappa shape index (κ2) is 10.4. The standard InChI is InChI=1S/C28H23NO5S/c1-20-15-17-24(18-16-20)29-35(32,33)25-14-8-13-23(19-25)28(31)34-27(22-11-6-3-7-12-22)26(30)21-9-4-2-5-10-21/h2-19,27,29H,1H3. The van der Waals surface area contributed by atoms with E-state index in [1.54, 1.807) is 84.9 Å². The molecule has 176 valence electrons. The number of esters is 1. The summed E-state index contributed by atoms with van der Waals surface area (Å²) < 4.78 is 33.9. The summed E-state index contributed by atoms with van der Waals surface area (Å²) in [5.41, 5.74) is 2.32. The predicted octanol–water partition coefficient (Wildman–Crippen LogP) is 5.58. The molecule has 7 heteroatoms. The van der Waals surface area contributed by atoms with Gasteiger partial charge < -0.3 is 4.74 Å². The normalized spacial score (nSPS) is 11.9. The highest BCUT2D eigenvalue weighted by atomic mass is 32.2. The number of rotatable bonds is 8. The van der Waals surface area contributed by atoms with Crippen LogP contribution in [0, 0.1) is 6.92 Å². The Morgan fingerprint density at radius 3 is 2.00 bits per heavy atom. The minimum Gasteiger partial charge on any atom is -0.445 e. The van der Waals surface area contributed by atoms with Crippen LogP contribution in [-0.2, 0) is 14.8 Å². The maximum Gasteiger partial charge on any atom is 0.339 e. The lowest BCUT2D eigenvalue weighted by Crippen LogP contribution is -2.21. The van der Waals surface area contributed by atoms with Crippen molar-refractivity contribution >= 4 is 27.5 Å². The van der Waals surface area contributed by atoms with Crippen LogP contribution in [0.3, 0.4) is 0 Å². The van der Waals surface area contributed by atoms with Crippen LogP contribution in [-0.4, -0.2) is 20.2 Å². The van der Waals surface area contributed by atoms with Crippen LogP contribution in [0.5, 0.6) is 0 Å². The highest BCUT2D eigenvalue weighted by Crippen LogP contribution is 2.25. The van der Waals surface area contributed by atoms with Crippen LogP contribution >= 0.6 is 0 Å². The van der Waals surface area contributed by atoms with Crippen molar-refractivity contribution in [1.82, 2.24) is 0 Å². The maximum absolute atomic E-state index is 13.2. The molecule has 0 aliphatic carbocycles. The average molecular weight is 486 g/mol. The Balaban J connectivity index is 1.60. The summed E-state index contributed by atoms with van der Waals surface area (Å²) in [6.45, 7) is 1.90. The number of aryl methyl sites for hydroxylation is 1. The lowest BCUT2D eigenvalue weighted by Gasteiger charge is -2.18. The molecule has 1 atom stereocenters. The molecule has 0 aliphatic heterocycles. The molecular weight excluding hydrogens is 462 g/mol. The molecular formula is C28H23NO5S. The molecule has 4 aromatic carbocycles. The third-order valence-corrected chi connectivity index (χ3v) is 6.69. The van der Waals surface area contributed by atoms with E-state index >= 15 is 0 Å². The number of nitrogens with one attached hydrogen (secondary N) is 1. The number of benzene rings is 4. The van der Waals surface area contributed by atoms with E-state index in [2.05, 4.69) is 4.72 Å². The van der Waals surface area contributed by atoms with Gasteiger partial charge in [-0.2, -0.15) is 0 Å². The molecule has 1 unspecified atom stereocenters. The number of hydrogen-bond donors (Lipinski definition) is 1. The zero-order valence-electron chi connectivity index (χ0n) is 18.9. The van der Waals surface area contributed by atoms with Crippen molar-refractivity contribution in [3.63, 3.8) is 0 Å². The van der Waals surface area contributed by atoms with Gasteiger partial charge in [-0.25, -0.2) is 13.2 Å². The van der Waals surface area contributed by atoms with Gasteiger partial charge in [-0.05, 0) is 37.3 Å². The first-order valence-electron chi connectivity index (χ1n) is 10.9. The summed E-state index contributed by atoms with van der Waals surface area (Å²) >= 11 is 0. The maximum atomic E-state index is 13.2. The lowest BCUT2D eigenvalue weighted by molar-refractivity contribution is 0.0280. The van der Waals surface area contributed by atoms with Gasteiger partial charge in [0.25, 0.3) is 10.0 Å². The van der Waals surface area contributed by atoms with Crippen molar-refractivity contribution in [3.8, 4) is 0 Å². The number of ketones is 1. The summed E-state index contributed by atoms with van der Waals surface area (Å²) in [6.07, 6.45) is -1.18. The van der Waals surface area contributed by atoms with Gasteiger partial charge in [0.1, 0.15) is 0 Å². The largest absolute Gasteiger partial charge is 0.445 e. The molecule has 0 fully saturated rings. The van der Waals surface area contributed by atoms with Crippen LogP contribution in [0.15, 0.2) is 114 Å². The summed E-state index contributed by atoms with van der Waals surface area (Å²) in [5, 5.41) is 0. The SMILES string of the molecule is Cc1ccc(NS(=O)(=O)c2cccc(C(=O)OC(C(=O)c3ccccc3)c3ccccc3)c2)cc1. The van der Waals surface area contributed by atoms with Gasteiger partial charge in [-0.1, -0.05) is 84.4 Å². The minimum atomic E-state index is -3.95. The molecule has 0 aliphatic rings. The van der Waals surface area contributed by atoms with Gasteiger partial charge in [0.15, 0.2) is 6.10 Å². The van der Waals surface area contributed by atoms with Crippen LogP contribution in [0.4, 0.5) is 5.69 Å². The number of anilines is 1. The fourth-order valence-corrected chi connectivity index (χ4v) is 4.56. The average Bonchev–Trinajstić information content (AvgIpc) is 2.89. The lowest BCUT2D eigenvalue weighted by atomic mass is 10.00. The smallest absolute Gasteiger partial charge is 0.339 e. The van der Waals surface area contributed by atoms with Gasteiger partial charge >= 0.3 is 5.97 Å². The van der Waals surface area contributed by atoms with Gasteiger partial charge in [0.2, 0.25) is 5.78 Å². The third kappa shape index (κ3) is 5.83. The van der Waals surface area contributed by atoms with Crippen molar-refractivity contribution in [2.45, 2.75) is 17.9 Å². The number of carbonyl (C=O) groups is 2. The highest BCUT2D eigenvalue weighted by molar-refractivity contribution is 7.92. The molecule has 0 radical (unpaired) electrons. The molecule has 0 spiro atoms. The van der Waals surface area contributed by atoms with Crippen molar-refractivity contribution in [2.75, 3.05) is 4.72 Å². The van der Waals surface area contributed by atoms with Gasteiger partial charge in [0.05, 0.1) is 10.5 Å². The van der Waals surface area contributed by atoms with Crippen molar-refractivity contribution in [1.29, 1.82) is 0 Å². The van der Waals surface area contributed by atoms with Crippen molar-refractivity contribution in [2.24, 2.45) is 0 Å². The molecule has 0 heterocycles. The van der Waals surface area contributed by atoms with E-state index < -0.39 is 22.1 Å². The van der Waals surface area contributed by atoms with E-state index in [0.717, 1.165) is 5.56 Å². The zero-order valence-corrected chi connectivity index (χ0v) is 19.7. The molecule has 0 saturated heterocycles. The molecule has 35 heavy (non-hydrogen) atoms. The second-order valence-electron chi connectivity index (χ2n) is 7.93. The first-order chi connectivity index (χ1) is 16.8. The van der Waals surface area contributed by atoms with Crippen LogP contribution in [0.25, 0.3) is 0 Å². The number of hydrogen-bond acceptors (Lipinski definition) is 5. The molecule has 0 aromatic heterocycles. The highest BCUT2D eigenvalue weighted by Gasteiger charge is 2.27. The number of ether oxygens (including phenoxy) is 1. The van der Waals surface area contributed by atoms with Crippen molar-refractivity contribution < 1.29 is 22.7 Å². The van der Waals surface area contributed by atoms with E-state index in [1.165, 1.54) is 24.3 Å². The van der Waals surface area contributed by atoms with E-state index in [-0.39, 0.29) is 16.2 Å². The van der Waals surface area contributed by atoms with Crippen molar-refractivity contribution in [3.05, 3.63) is 131 Å². The van der Waals surface area contributed by atoms with E-state index in [0.29, 0.717) is 16.8 Å².